The Morgan fingerprint density at radius 1 is 1.15 bits per heavy atom. The Bertz CT molecular complexity index is 973. The maximum atomic E-state index is 13.8. The Morgan fingerprint density at radius 2 is 1.93 bits per heavy atom. The molecule has 0 atom stereocenters. The van der Waals surface area contributed by atoms with Crippen LogP contribution in [-0.2, 0) is 23.8 Å². The van der Waals surface area contributed by atoms with Gasteiger partial charge >= 0.3 is 0 Å². The summed E-state index contributed by atoms with van der Waals surface area (Å²) in [5, 5.41) is 3.08. The lowest BCUT2D eigenvalue weighted by Gasteiger charge is -2.36. The minimum Gasteiger partial charge on any atom is -0.348 e. The van der Waals surface area contributed by atoms with Crippen LogP contribution in [0.25, 0.3) is 11.0 Å². The van der Waals surface area contributed by atoms with E-state index in [1.807, 2.05) is 41.9 Å². The summed E-state index contributed by atoms with van der Waals surface area (Å²) in [5.41, 5.74) is 2.09. The molecule has 1 aliphatic carbocycles. The average molecular weight is 365 g/mol. The number of para-hydroxylation sites is 2. The van der Waals surface area contributed by atoms with Gasteiger partial charge in [0.05, 0.1) is 23.0 Å². The third-order valence-electron chi connectivity index (χ3n) is 5.81. The summed E-state index contributed by atoms with van der Waals surface area (Å²) in [6.45, 7) is 0.362. The summed E-state index contributed by atoms with van der Waals surface area (Å²) in [6, 6.07) is 14.4. The van der Waals surface area contributed by atoms with E-state index in [4.69, 9.17) is 0 Å². The number of hydrogen-bond donors (Lipinski definition) is 1. The third kappa shape index (κ3) is 3.22. The molecule has 0 aliphatic heterocycles. The Labute approximate surface area is 158 Å². The lowest BCUT2D eigenvalue weighted by molar-refractivity contribution is -0.128. The smallest absolute Gasteiger partial charge is 0.231 e. The zero-order valence-corrected chi connectivity index (χ0v) is 15.5. The van der Waals surface area contributed by atoms with E-state index >= 15 is 0 Å². The first kappa shape index (κ1) is 17.7. The number of imidazole rings is 1. The van der Waals surface area contributed by atoms with Crippen LogP contribution in [0.5, 0.6) is 0 Å². The summed E-state index contributed by atoms with van der Waals surface area (Å²) in [6.07, 6.45) is 4.59. The van der Waals surface area contributed by atoms with E-state index in [0.29, 0.717) is 6.54 Å². The van der Waals surface area contributed by atoms with Gasteiger partial charge in [-0.05, 0) is 42.7 Å². The molecule has 140 valence electrons. The van der Waals surface area contributed by atoms with Gasteiger partial charge in [0, 0.05) is 7.05 Å². The van der Waals surface area contributed by atoms with Crippen LogP contribution in [-0.4, -0.2) is 15.5 Å². The van der Waals surface area contributed by atoms with Crippen molar-refractivity contribution in [2.75, 3.05) is 0 Å². The topological polar surface area (TPSA) is 46.9 Å². The summed E-state index contributed by atoms with van der Waals surface area (Å²) in [7, 11) is 1.96. The number of rotatable bonds is 4. The van der Waals surface area contributed by atoms with E-state index in [9.17, 15) is 9.18 Å². The van der Waals surface area contributed by atoms with Crippen molar-refractivity contribution in [3.8, 4) is 0 Å². The molecule has 1 fully saturated rings. The van der Waals surface area contributed by atoms with Crippen molar-refractivity contribution < 1.29 is 9.18 Å². The molecule has 0 radical (unpaired) electrons. The minimum atomic E-state index is -0.648. The molecule has 1 N–H and O–H groups in total. The van der Waals surface area contributed by atoms with Gasteiger partial charge in [-0.3, -0.25) is 4.79 Å². The van der Waals surface area contributed by atoms with Gasteiger partial charge < -0.3 is 9.88 Å². The molecule has 0 unspecified atom stereocenters. The van der Waals surface area contributed by atoms with E-state index in [1.165, 1.54) is 12.1 Å². The number of hydrogen-bond acceptors (Lipinski definition) is 2. The fraction of sp³-hybridized carbons (Fsp3) is 0.364. The number of carbonyl (C=O) groups excluding carboxylic acids is 1. The van der Waals surface area contributed by atoms with E-state index in [2.05, 4.69) is 10.3 Å². The molecule has 5 heteroatoms. The molecular weight excluding hydrogens is 341 g/mol. The first-order valence-corrected chi connectivity index (χ1v) is 9.55. The second-order valence-electron chi connectivity index (χ2n) is 7.41. The van der Waals surface area contributed by atoms with Crippen LogP contribution in [0.4, 0.5) is 4.39 Å². The molecule has 4 nitrogen and oxygen atoms in total. The van der Waals surface area contributed by atoms with Crippen molar-refractivity contribution in [1.82, 2.24) is 14.9 Å². The quantitative estimate of drug-likeness (QED) is 0.752. The molecule has 0 bridgehead atoms. The van der Waals surface area contributed by atoms with Crippen LogP contribution >= 0.6 is 0 Å². The largest absolute Gasteiger partial charge is 0.348 e. The highest BCUT2D eigenvalue weighted by Crippen LogP contribution is 2.40. The molecule has 3 aromatic rings. The molecule has 1 heterocycles. The lowest BCUT2D eigenvalue weighted by Crippen LogP contribution is -2.45. The minimum absolute atomic E-state index is 0.0279. The van der Waals surface area contributed by atoms with Crippen molar-refractivity contribution in [1.29, 1.82) is 0 Å². The normalized spacial score (nSPS) is 16.4. The van der Waals surface area contributed by atoms with Crippen LogP contribution in [0.1, 0.15) is 43.5 Å². The van der Waals surface area contributed by atoms with Gasteiger partial charge in [0.25, 0.3) is 0 Å². The predicted octanol–water partition coefficient (Wildman–Crippen LogP) is 4.23. The Balaban J connectivity index is 1.59. The number of aromatic nitrogens is 2. The van der Waals surface area contributed by atoms with Gasteiger partial charge in [-0.1, -0.05) is 43.5 Å². The van der Waals surface area contributed by atoms with Gasteiger partial charge in [0.15, 0.2) is 0 Å². The van der Waals surface area contributed by atoms with Crippen LogP contribution in [0.15, 0.2) is 48.5 Å². The lowest BCUT2D eigenvalue weighted by atomic mass is 9.68. The number of halogens is 1. The molecule has 27 heavy (non-hydrogen) atoms. The highest BCUT2D eigenvalue weighted by molar-refractivity contribution is 5.88. The van der Waals surface area contributed by atoms with Crippen molar-refractivity contribution in [3.63, 3.8) is 0 Å². The van der Waals surface area contributed by atoms with Gasteiger partial charge in [0.2, 0.25) is 5.91 Å². The van der Waals surface area contributed by atoms with Crippen LogP contribution in [0, 0.1) is 5.82 Å². The van der Waals surface area contributed by atoms with E-state index in [0.717, 1.165) is 54.5 Å². The predicted molar refractivity (Wildman–Crippen MR) is 104 cm³/mol. The fourth-order valence-electron chi connectivity index (χ4n) is 4.27. The molecule has 1 amide bonds. The molecule has 0 spiro atoms. The van der Waals surface area contributed by atoms with E-state index in [1.54, 1.807) is 6.07 Å². The Morgan fingerprint density at radius 3 is 2.67 bits per heavy atom. The molecule has 4 rings (SSSR count). The fourth-order valence-corrected chi connectivity index (χ4v) is 4.27. The zero-order valence-electron chi connectivity index (χ0n) is 15.5. The second-order valence-corrected chi connectivity index (χ2v) is 7.41. The van der Waals surface area contributed by atoms with Gasteiger partial charge in [-0.15, -0.1) is 0 Å². The monoisotopic (exact) mass is 365 g/mol. The van der Waals surface area contributed by atoms with Crippen molar-refractivity contribution >= 4 is 16.9 Å². The third-order valence-corrected chi connectivity index (χ3v) is 5.81. The summed E-state index contributed by atoms with van der Waals surface area (Å²) in [5.74, 6) is 0.496. The molecule has 1 saturated carbocycles. The summed E-state index contributed by atoms with van der Waals surface area (Å²) >= 11 is 0. The number of nitrogens with zero attached hydrogens (tertiary/aromatic N) is 2. The van der Waals surface area contributed by atoms with Gasteiger partial charge in [-0.2, -0.15) is 0 Å². The van der Waals surface area contributed by atoms with Crippen LogP contribution in [0.3, 0.4) is 0 Å². The number of nitrogens with one attached hydrogen (secondary N) is 1. The number of fused-ring (bicyclic) bond motifs is 1. The van der Waals surface area contributed by atoms with Crippen molar-refractivity contribution in [2.24, 2.45) is 7.05 Å². The second kappa shape index (κ2) is 7.14. The SMILES string of the molecule is Cn1c(CNC(=O)C2(c3cccc(F)c3)CCCCC2)nc2ccccc21. The van der Waals surface area contributed by atoms with Gasteiger partial charge in [-0.25, -0.2) is 9.37 Å². The highest BCUT2D eigenvalue weighted by Gasteiger charge is 2.41. The number of benzene rings is 2. The summed E-state index contributed by atoms with van der Waals surface area (Å²) in [4.78, 5) is 17.9. The van der Waals surface area contributed by atoms with Gasteiger partial charge in [0.1, 0.15) is 11.6 Å². The van der Waals surface area contributed by atoms with Crippen molar-refractivity contribution in [2.45, 2.75) is 44.1 Å². The average Bonchev–Trinajstić information content (AvgIpc) is 3.02. The maximum absolute atomic E-state index is 13.8. The zero-order chi connectivity index (χ0) is 18.9. The van der Waals surface area contributed by atoms with Crippen molar-refractivity contribution in [3.05, 3.63) is 65.7 Å². The molecule has 2 aromatic carbocycles. The molecule has 0 saturated heterocycles. The molecule has 1 aliphatic rings. The van der Waals surface area contributed by atoms with E-state index in [-0.39, 0.29) is 11.7 Å². The Hall–Kier alpha value is -2.69. The van der Waals surface area contributed by atoms with Crippen LogP contribution < -0.4 is 5.32 Å². The summed E-state index contributed by atoms with van der Waals surface area (Å²) < 4.78 is 15.8. The number of amides is 1. The number of aryl methyl sites for hydroxylation is 1. The number of carbonyl (C=O) groups is 1. The molecule has 1 aromatic heterocycles. The standard InChI is InChI=1S/C22H24FN3O/c1-26-19-11-4-3-10-18(19)25-20(26)15-24-21(27)22(12-5-2-6-13-22)16-8-7-9-17(23)14-16/h3-4,7-11,14H,2,5-6,12-13,15H2,1H3,(H,24,27). The maximum Gasteiger partial charge on any atom is 0.231 e. The first-order chi connectivity index (χ1) is 13.1. The first-order valence-electron chi connectivity index (χ1n) is 9.55. The molecular formula is C22H24FN3O. The Kier molecular flexibility index (Phi) is 4.68. The van der Waals surface area contributed by atoms with E-state index < -0.39 is 5.41 Å². The van der Waals surface area contributed by atoms with Crippen LogP contribution in [0.2, 0.25) is 0 Å². The highest BCUT2D eigenvalue weighted by atomic mass is 19.1.